The van der Waals surface area contributed by atoms with Crippen molar-refractivity contribution in [2.24, 2.45) is 11.7 Å². The third-order valence-corrected chi connectivity index (χ3v) is 2.13. The van der Waals surface area contributed by atoms with Crippen LogP contribution in [0.1, 0.15) is 27.2 Å². The van der Waals surface area contributed by atoms with Crippen LogP contribution in [0.5, 0.6) is 0 Å². The van der Waals surface area contributed by atoms with Crippen molar-refractivity contribution in [2.75, 3.05) is 13.6 Å². The van der Waals surface area contributed by atoms with Crippen LogP contribution < -0.4 is 5.73 Å². The highest BCUT2D eigenvalue weighted by atomic mass is 16.1. The van der Waals surface area contributed by atoms with Crippen molar-refractivity contribution < 1.29 is 4.79 Å². The van der Waals surface area contributed by atoms with Gasteiger partial charge in [0.15, 0.2) is 0 Å². The van der Waals surface area contributed by atoms with Gasteiger partial charge >= 0.3 is 0 Å². The normalized spacial score (nSPS) is 13.8. The third kappa shape index (κ3) is 4.34. The predicted molar refractivity (Wildman–Crippen MR) is 50.7 cm³/mol. The topological polar surface area (TPSA) is 46.3 Å². The Morgan fingerprint density at radius 2 is 1.92 bits per heavy atom. The Kier molecular flexibility index (Phi) is 4.90. The average molecular weight is 172 g/mol. The molecule has 3 heteroatoms. The van der Waals surface area contributed by atoms with E-state index in [1.54, 1.807) is 0 Å². The second-order valence-corrected chi connectivity index (χ2v) is 3.74. The second kappa shape index (κ2) is 5.14. The van der Waals surface area contributed by atoms with Gasteiger partial charge in [-0.15, -0.1) is 0 Å². The van der Waals surface area contributed by atoms with Crippen LogP contribution in [-0.4, -0.2) is 30.4 Å². The molecule has 0 saturated carbocycles. The van der Waals surface area contributed by atoms with Gasteiger partial charge in [0.25, 0.3) is 0 Å². The number of nitrogens with two attached hydrogens (primary N) is 1. The number of rotatable bonds is 5. The molecule has 0 aliphatic heterocycles. The van der Waals surface area contributed by atoms with Gasteiger partial charge in [-0.3, -0.25) is 9.69 Å². The fourth-order valence-electron chi connectivity index (χ4n) is 0.873. The molecule has 1 unspecified atom stereocenters. The summed E-state index contributed by atoms with van der Waals surface area (Å²) in [5, 5.41) is 0. The van der Waals surface area contributed by atoms with Crippen LogP contribution in [-0.2, 0) is 4.79 Å². The number of likely N-dealkylation sites (N-methyl/N-ethyl adjacent to an activating group) is 1. The lowest BCUT2D eigenvalue weighted by Gasteiger charge is -2.22. The minimum Gasteiger partial charge on any atom is -0.368 e. The molecule has 0 rings (SSSR count). The van der Waals surface area contributed by atoms with Gasteiger partial charge in [0, 0.05) is 0 Å². The molecule has 0 aromatic heterocycles. The number of nitrogens with zero attached hydrogens (tertiary/aromatic N) is 1. The van der Waals surface area contributed by atoms with Crippen LogP contribution in [0.25, 0.3) is 0 Å². The first-order valence-electron chi connectivity index (χ1n) is 4.44. The predicted octanol–water partition coefficient (Wildman–Crippen LogP) is 0.838. The molecule has 12 heavy (non-hydrogen) atoms. The standard InChI is InChI=1S/C9H20N2O/c1-7(2)5-6-11(4)8(3)9(10)12/h7-8H,5-6H2,1-4H3,(H2,10,12). The Morgan fingerprint density at radius 3 is 2.25 bits per heavy atom. The van der Waals surface area contributed by atoms with Gasteiger partial charge < -0.3 is 5.73 Å². The van der Waals surface area contributed by atoms with Crippen LogP contribution >= 0.6 is 0 Å². The Labute approximate surface area is 74.9 Å². The Morgan fingerprint density at radius 1 is 1.42 bits per heavy atom. The third-order valence-electron chi connectivity index (χ3n) is 2.13. The second-order valence-electron chi connectivity index (χ2n) is 3.74. The summed E-state index contributed by atoms with van der Waals surface area (Å²) in [6.07, 6.45) is 1.11. The van der Waals surface area contributed by atoms with Crippen LogP contribution in [0.2, 0.25) is 0 Å². The molecule has 3 nitrogen and oxygen atoms in total. The molecular formula is C9H20N2O. The van der Waals surface area contributed by atoms with E-state index in [9.17, 15) is 4.79 Å². The zero-order valence-corrected chi connectivity index (χ0v) is 8.50. The Balaban J connectivity index is 3.71. The smallest absolute Gasteiger partial charge is 0.234 e. The van der Waals surface area contributed by atoms with Crippen LogP contribution in [0.15, 0.2) is 0 Å². The first-order valence-corrected chi connectivity index (χ1v) is 4.44. The fraction of sp³-hybridized carbons (Fsp3) is 0.889. The number of primary amides is 1. The van der Waals surface area contributed by atoms with E-state index >= 15 is 0 Å². The molecule has 0 bridgehead atoms. The van der Waals surface area contributed by atoms with Crippen molar-refractivity contribution in [2.45, 2.75) is 33.2 Å². The summed E-state index contributed by atoms with van der Waals surface area (Å²) in [6.45, 7) is 7.11. The van der Waals surface area contributed by atoms with E-state index in [1.807, 2.05) is 18.9 Å². The molecule has 0 saturated heterocycles. The molecule has 0 aromatic carbocycles. The van der Waals surface area contributed by atoms with Crippen molar-refractivity contribution in [1.82, 2.24) is 4.90 Å². The SMILES string of the molecule is CC(C)CCN(C)C(C)C(N)=O. The van der Waals surface area contributed by atoms with Crippen LogP contribution in [0.3, 0.4) is 0 Å². The van der Waals surface area contributed by atoms with Gasteiger partial charge in [0.05, 0.1) is 6.04 Å². The summed E-state index contributed by atoms with van der Waals surface area (Å²) in [7, 11) is 1.93. The first kappa shape index (κ1) is 11.4. The maximum Gasteiger partial charge on any atom is 0.234 e. The van der Waals surface area contributed by atoms with E-state index in [-0.39, 0.29) is 11.9 Å². The number of amides is 1. The van der Waals surface area contributed by atoms with Crippen molar-refractivity contribution in [1.29, 1.82) is 0 Å². The number of carbonyl (C=O) groups is 1. The summed E-state index contributed by atoms with van der Waals surface area (Å²) >= 11 is 0. The monoisotopic (exact) mass is 172 g/mol. The minimum absolute atomic E-state index is 0.149. The van der Waals surface area contributed by atoms with Gasteiger partial charge in [-0.25, -0.2) is 0 Å². The molecule has 0 fully saturated rings. The van der Waals surface area contributed by atoms with E-state index in [4.69, 9.17) is 5.73 Å². The summed E-state index contributed by atoms with van der Waals surface area (Å²) in [5.41, 5.74) is 5.16. The van der Waals surface area contributed by atoms with E-state index < -0.39 is 0 Å². The van der Waals surface area contributed by atoms with E-state index in [0.29, 0.717) is 5.92 Å². The van der Waals surface area contributed by atoms with Gasteiger partial charge in [0.1, 0.15) is 0 Å². The summed E-state index contributed by atoms with van der Waals surface area (Å²) in [4.78, 5) is 12.8. The van der Waals surface area contributed by atoms with Crippen molar-refractivity contribution in [3.05, 3.63) is 0 Å². The molecule has 0 aromatic rings. The molecule has 0 aliphatic rings. The van der Waals surface area contributed by atoms with Gasteiger partial charge in [-0.2, -0.15) is 0 Å². The van der Waals surface area contributed by atoms with Crippen molar-refractivity contribution in [3.63, 3.8) is 0 Å². The number of hydrogen-bond donors (Lipinski definition) is 1. The lowest BCUT2D eigenvalue weighted by Crippen LogP contribution is -2.40. The maximum absolute atomic E-state index is 10.8. The van der Waals surface area contributed by atoms with Crippen LogP contribution in [0.4, 0.5) is 0 Å². The van der Waals surface area contributed by atoms with Gasteiger partial charge in [-0.1, -0.05) is 13.8 Å². The van der Waals surface area contributed by atoms with E-state index in [2.05, 4.69) is 13.8 Å². The molecule has 2 N–H and O–H groups in total. The lowest BCUT2D eigenvalue weighted by molar-refractivity contribution is -0.122. The lowest BCUT2D eigenvalue weighted by atomic mass is 10.1. The average Bonchev–Trinajstić information content (AvgIpc) is 1.98. The van der Waals surface area contributed by atoms with Crippen molar-refractivity contribution >= 4 is 5.91 Å². The quantitative estimate of drug-likeness (QED) is 0.668. The molecule has 72 valence electrons. The number of hydrogen-bond acceptors (Lipinski definition) is 2. The fourth-order valence-corrected chi connectivity index (χ4v) is 0.873. The maximum atomic E-state index is 10.8. The highest BCUT2D eigenvalue weighted by Crippen LogP contribution is 2.03. The van der Waals surface area contributed by atoms with Crippen LogP contribution in [0, 0.1) is 5.92 Å². The van der Waals surface area contributed by atoms with E-state index in [0.717, 1.165) is 13.0 Å². The summed E-state index contributed by atoms with van der Waals surface area (Å²) < 4.78 is 0. The largest absolute Gasteiger partial charge is 0.368 e. The molecule has 1 atom stereocenters. The zero-order valence-electron chi connectivity index (χ0n) is 8.50. The molecule has 0 spiro atoms. The first-order chi connectivity index (χ1) is 5.45. The van der Waals surface area contributed by atoms with Gasteiger partial charge in [-0.05, 0) is 32.9 Å². The van der Waals surface area contributed by atoms with Gasteiger partial charge in [0.2, 0.25) is 5.91 Å². The molecule has 0 radical (unpaired) electrons. The molecule has 0 heterocycles. The molecule has 0 aliphatic carbocycles. The molecular weight excluding hydrogens is 152 g/mol. The number of carbonyl (C=O) groups excluding carboxylic acids is 1. The molecule has 1 amide bonds. The minimum atomic E-state index is -0.249. The highest BCUT2D eigenvalue weighted by molar-refractivity contribution is 5.79. The zero-order chi connectivity index (χ0) is 9.72. The van der Waals surface area contributed by atoms with Crippen molar-refractivity contribution in [3.8, 4) is 0 Å². The summed E-state index contributed by atoms with van der Waals surface area (Å²) in [6, 6.07) is -0.149. The Bertz CT molecular complexity index is 145. The summed E-state index contributed by atoms with van der Waals surface area (Å²) in [5.74, 6) is 0.425. The Hall–Kier alpha value is -0.570. The van der Waals surface area contributed by atoms with E-state index in [1.165, 1.54) is 0 Å². The highest BCUT2D eigenvalue weighted by Gasteiger charge is 2.13.